The van der Waals surface area contributed by atoms with Gasteiger partial charge in [0.1, 0.15) is 79.9 Å². The number of carbonyl (C=O) groups excluding carboxylic acids is 1. The van der Waals surface area contributed by atoms with Crippen LogP contribution in [-0.4, -0.2) is 195 Å². The van der Waals surface area contributed by atoms with Crippen LogP contribution < -0.4 is 9.47 Å². The maximum absolute atomic E-state index is 12.7. The number of aliphatic hydroxyl groups is 9. The van der Waals surface area contributed by atoms with Crippen LogP contribution in [0.3, 0.4) is 0 Å². The van der Waals surface area contributed by atoms with E-state index in [4.69, 9.17) is 42.6 Å². The number of benzene rings is 2. The van der Waals surface area contributed by atoms with E-state index < -0.39 is 118 Å². The second-order valence-electron chi connectivity index (χ2n) is 13.7. The molecule has 0 aromatic heterocycles. The molecular formula is C37H50O21. The van der Waals surface area contributed by atoms with Gasteiger partial charge in [0.15, 0.2) is 41.9 Å². The molecule has 3 fully saturated rings. The first-order valence-corrected chi connectivity index (χ1v) is 18.2. The Bertz CT molecular complexity index is 1660. The van der Waals surface area contributed by atoms with Crippen LogP contribution >= 0.6 is 0 Å². The molecule has 15 atom stereocenters. The Morgan fingerprint density at radius 1 is 0.655 bits per heavy atom. The quantitative estimate of drug-likeness (QED) is 0.0575. The summed E-state index contributed by atoms with van der Waals surface area (Å²) in [6.07, 6.45) is -24.0. The number of aliphatic hydroxyl groups excluding tert-OH is 9. The number of carbonyl (C=O) groups is 1. The predicted molar refractivity (Wildman–Crippen MR) is 191 cm³/mol. The van der Waals surface area contributed by atoms with Crippen LogP contribution in [0.1, 0.15) is 11.1 Å². The number of methoxy groups -OCH3 is 2. The van der Waals surface area contributed by atoms with Crippen molar-refractivity contribution in [3.63, 3.8) is 0 Å². The van der Waals surface area contributed by atoms with E-state index in [1.807, 2.05) is 0 Å². The van der Waals surface area contributed by atoms with Crippen LogP contribution in [-0.2, 0) is 44.4 Å². The summed E-state index contributed by atoms with van der Waals surface area (Å²) in [6.45, 7) is -2.47. The van der Waals surface area contributed by atoms with Crippen molar-refractivity contribution < 1.29 is 104 Å². The zero-order valence-electron chi connectivity index (χ0n) is 31.3. The molecule has 11 N–H and O–H groups in total. The van der Waals surface area contributed by atoms with Gasteiger partial charge < -0.3 is 98.8 Å². The van der Waals surface area contributed by atoms with Gasteiger partial charge in [-0.3, -0.25) is 0 Å². The van der Waals surface area contributed by atoms with Gasteiger partial charge >= 0.3 is 5.97 Å². The second-order valence-corrected chi connectivity index (χ2v) is 13.7. The topological polar surface area (TPSA) is 323 Å². The third kappa shape index (κ3) is 10.5. The molecule has 58 heavy (non-hydrogen) atoms. The molecule has 324 valence electrons. The zero-order valence-corrected chi connectivity index (χ0v) is 31.3. The summed E-state index contributed by atoms with van der Waals surface area (Å²) in [5.74, 6) is -0.765. The molecule has 0 unspecified atom stereocenters. The van der Waals surface area contributed by atoms with Gasteiger partial charge in [-0.05, 0) is 47.9 Å². The molecule has 0 aliphatic carbocycles. The fourth-order valence-corrected chi connectivity index (χ4v) is 6.51. The van der Waals surface area contributed by atoms with E-state index in [2.05, 4.69) is 0 Å². The normalized spacial score (nSPS) is 35.5. The van der Waals surface area contributed by atoms with Crippen LogP contribution in [0.25, 0.3) is 6.08 Å². The van der Waals surface area contributed by atoms with Gasteiger partial charge in [0.25, 0.3) is 0 Å². The Kier molecular flexibility index (Phi) is 16.0. The third-order valence-electron chi connectivity index (χ3n) is 9.82. The fraction of sp³-hybridized carbons (Fsp3) is 0.595. The summed E-state index contributed by atoms with van der Waals surface area (Å²) < 4.78 is 49.8. The van der Waals surface area contributed by atoms with E-state index in [0.717, 1.165) is 6.08 Å². The highest BCUT2D eigenvalue weighted by Crippen LogP contribution is 2.34. The summed E-state index contributed by atoms with van der Waals surface area (Å²) in [5, 5.41) is 116. The van der Waals surface area contributed by atoms with E-state index in [-0.39, 0.29) is 36.0 Å². The lowest BCUT2D eigenvalue weighted by Crippen LogP contribution is -2.67. The summed E-state index contributed by atoms with van der Waals surface area (Å²) >= 11 is 0. The first-order valence-electron chi connectivity index (χ1n) is 18.2. The Balaban J connectivity index is 1.35. The molecule has 21 nitrogen and oxygen atoms in total. The largest absolute Gasteiger partial charge is 0.504 e. The fourth-order valence-electron chi connectivity index (χ4n) is 6.51. The lowest BCUT2D eigenvalue weighted by molar-refractivity contribution is -0.389. The second kappa shape index (κ2) is 20.5. The molecule has 2 aromatic rings. The molecule has 0 bridgehead atoms. The number of rotatable bonds is 16. The Morgan fingerprint density at radius 3 is 1.86 bits per heavy atom. The van der Waals surface area contributed by atoms with Gasteiger partial charge in [-0.1, -0.05) is 12.1 Å². The molecule has 3 heterocycles. The van der Waals surface area contributed by atoms with Gasteiger partial charge in [0.2, 0.25) is 0 Å². The Labute approximate surface area is 331 Å². The third-order valence-corrected chi connectivity index (χ3v) is 9.82. The molecule has 3 saturated heterocycles. The minimum absolute atomic E-state index is 0.133. The molecule has 0 saturated carbocycles. The zero-order chi connectivity index (χ0) is 42.3. The summed E-state index contributed by atoms with van der Waals surface area (Å²) in [6, 6.07) is 9.01. The Hall–Kier alpha value is -3.75. The van der Waals surface area contributed by atoms with Gasteiger partial charge in [0.05, 0.1) is 34.0 Å². The standard InChI is InChI=1S/C37H50O21/c1-50-20-6-3-16(11-18(20)40)5-8-25(42)53-15-24-28(45)33(32(49)35(56-24)52-10-9-17-4-7-21(51-2)19(41)12-17)57-37-34(30(47)27(44)23(14-39)55-37)58-36-31(48)29(46)26(43)22(13-38)54-36/h3-8,11-12,22-24,26-41,43-49H,9-10,13-15H2,1-2H3/b8-5+/t22-,23-,24-,26-,27-,28-,29+,30+,31-,32-,33+,34-,35-,36+,37+/m1/s1. The van der Waals surface area contributed by atoms with Crippen molar-refractivity contribution in [2.75, 3.05) is 40.6 Å². The van der Waals surface area contributed by atoms with E-state index in [1.165, 1.54) is 44.6 Å². The van der Waals surface area contributed by atoms with Gasteiger partial charge in [-0.25, -0.2) is 4.79 Å². The van der Waals surface area contributed by atoms with Crippen molar-refractivity contribution in [1.82, 2.24) is 0 Å². The summed E-state index contributed by atoms with van der Waals surface area (Å²) in [7, 11) is 2.76. The van der Waals surface area contributed by atoms with Crippen LogP contribution in [0.15, 0.2) is 42.5 Å². The molecule has 2 aromatic carbocycles. The van der Waals surface area contributed by atoms with E-state index >= 15 is 0 Å². The van der Waals surface area contributed by atoms with Crippen molar-refractivity contribution in [2.45, 2.75) is 98.5 Å². The molecule has 21 heteroatoms. The Morgan fingerprint density at radius 2 is 1.24 bits per heavy atom. The van der Waals surface area contributed by atoms with Crippen molar-refractivity contribution in [1.29, 1.82) is 0 Å². The molecule has 0 spiro atoms. The number of phenolic OH excluding ortho intramolecular Hbond substituents is 2. The first-order chi connectivity index (χ1) is 27.7. The average Bonchev–Trinajstić information content (AvgIpc) is 3.21. The number of ether oxygens (including phenoxy) is 9. The predicted octanol–water partition coefficient (Wildman–Crippen LogP) is -3.61. The monoisotopic (exact) mass is 830 g/mol. The summed E-state index contributed by atoms with van der Waals surface area (Å²) in [4.78, 5) is 12.7. The van der Waals surface area contributed by atoms with Gasteiger partial charge in [-0.15, -0.1) is 0 Å². The smallest absolute Gasteiger partial charge is 0.330 e. The van der Waals surface area contributed by atoms with E-state index in [1.54, 1.807) is 12.1 Å². The van der Waals surface area contributed by atoms with Crippen molar-refractivity contribution >= 4 is 12.0 Å². The van der Waals surface area contributed by atoms with E-state index in [9.17, 15) is 61.0 Å². The van der Waals surface area contributed by atoms with Gasteiger partial charge in [0, 0.05) is 6.08 Å². The molecular weight excluding hydrogens is 780 g/mol. The highest BCUT2D eigenvalue weighted by molar-refractivity contribution is 5.87. The molecule has 3 aliphatic rings. The average molecular weight is 831 g/mol. The minimum Gasteiger partial charge on any atom is -0.504 e. The maximum atomic E-state index is 12.7. The molecule has 0 radical (unpaired) electrons. The molecule has 0 amide bonds. The lowest BCUT2D eigenvalue weighted by atomic mass is 9.96. The number of aromatic hydroxyl groups is 2. The van der Waals surface area contributed by atoms with Crippen LogP contribution in [0.4, 0.5) is 0 Å². The number of esters is 1. The molecule has 5 rings (SSSR count). The highest BCUT2D eigenvalue weighted by Gasteiger charge is 2.54. The SMILES string of the molecule is COc1ccc(/C=C/C(=O)OC[C@H]2O[C@@H](OCCc3ccc(OC)c(O)c3)[C@H](O)[C@@H](O[C@@H]3O[C@H](CO)[C@@H](O)[C@H](O)[C@H]3O[C@@H]3O[C@H](CO)[C@@H](O)[C@H](O)[C@H]3O)[C@@H]2O)cc1O. The highest BCUT2D eigenvalue weighted by atomic mass is 16.8. The maximum Gasteiger partial charge on any atom is 0.330 e. The van der Waals surface area contributed by atoms with Crippen LogP contribution in [0.2, 0.25) is 0 Å². The summed E-state index contributed by atoms with van der Waals surface area (Å²) in [5.41, 5.74) is 1.02. The number of phenols is 2. The van der Waals surface area contributed by atoms with E-state index in [0.29, 0.717) is 11.1 Å². The van der Waals surface area contributed by atoms with Crippen LogP contribution in [0.5, 0.6) is 23.0 Å². The van der Waals surface area contributed by atoms with Crippen molar-refractivity contribution in [2.24, 2.45) is 0 Å². The first kappa shape index (κ1) is 45.3. The van der Waals surface area contributed by atoms with Crippen molar-refractivity contribution in [3.05, 3.63) is 53.6 Å². The lowest BCUT2D eigenvalue weighted by Gasteiger charge is -2.48. The molecule has 3 aliphatic heterocycles. The van der Waals surface area contributed by atoms with Crippen LogP contribution in [0, 0.1) is 0 Å². The number of hydrogen-bond acceptors (Lipinski definition) is 21. The number of hydrogen-bond donors (Lipinski definition) is 11. The van der Waals surface area contributed by atoms with Crippen molar-refractivity contribution in [3.8, 4) is 23.0 Å². The van der Waals surface area contributed by atoms with Gasteiger partial charge in [-0.2, -0.15) is 0 Å². The minimum atomic E-state index is -1.97.